The summed E-state index contributed by atoms with van der Waals surface area (Å²) in [7, 11) is 0. The first-order chi connectivity index (χ1) is 15.5. The van der Waals surface area contributed by atoms with E-state index < -0.39 is 0 Å². The van der Waals surface area contributed by atoms with Crippen LogP contribution < -0.4 is 9.80 Å². The van der Waals surface area contributed by atoms with E-state index in [9.17, 15) is 14.9 Å². The Morgan fingerprint density at radius 3 is 2.53 bits per heavy atom. The van der Waals surface area contributed by atoms with Crippen LogP contribution in [-0.4, -0.2) is 66.0 Å². The molecule has 3 aliphatic heterocycles. The van der Waals surface area contributed by atoms with Gasteiger partial charge in [-0.3, -0.25) is 14.9 Å². The van der Waals surface area contributed by atoms with Gasteiger partial charge in [0.25, 0.3) is 5.69 Å². The summed E-state index contributed by atoms with van der Waals surface area (Å²) in [5.41, 5.74) is 4.48. The van der Waals surface area contributed by atoms with Gasteiger partial charge >= 0.3 is 0 Å². The Bertz CT molecular complexity index is 1020. The van der Waals surface area contributed by atoms with Gasteiger partial charge in [-0.15, -0.1) is 0 Å². The van der Waals surface area contributed by atoms with Gasteiger partial charge in [0.05, 0.1) is 16.9 Å². The molecular formula is C24H28N4O3S. The predicted octanol–water partition coefficient (Wildman–Crippen LogP) is 3.35. The number of benzene rings is 2. The predicted molar refractivity (Wildman–Crippen MR) is 129 cm³/mol. The van der Waals surface area contributed by atoms with Crippen molar-refractivity contribution in [3.63, 3.8) is 0 Å². The normalized spacial score (nSPS) is 22.8. The Morgan fingerprint density at radius 1 is 1.06 bits per heavy atom. The summed E-state index contributed by atoms with van der Waals surface area (Å²) in [6, 6.07) is 13.8. The van der Waals surface area contributed by atoms with Crippen LogP contribution in [-0.2, 0) is 11.2 Å². The molecule has 2 aromatic carbocycles. The lowest BCUT2D eigenvalue weighted by Gasteiger charge is -2.50. The number of thioether (sulfide) groups is 1. The van der Waals surface area contributed by atoms with Crippen LogP contribution in [0.1, 0.15) is 11.1 Å². The van der Waals surface area contributed by atoms with Crippen LogP contribution in [0.5, 0.6) is 0 Å². The van der Waals surface area contributed by atoms with Crippen molar-refractivity contribution in [1.29, 1.82) is 0 Å². The van der Waals surface area contributed by atoms with E-state index in [2.05, 4.69) is 41.0 Å². The van der Waals surface area contributed by atoms with Crippen molar-refractivity contribution >= 4 is 34.7 Å². The van der Waals surface area contributed by atoms with Crippen molar-refractivity contribution in [3.05, 3.63) is 63.7 Å². The summed E-state index contributed by atoms with van der Waals surface area (Å²) < 4.78 is 0. The summed E-state index contributed by atoms with van der Waals surface area (Å²) in [5, 5.41) is 11.4. The fourth-order valence-corrected chi connectivity index (χ4v) is 6.12. The van der Waals surface area contributed by atoms with E-state index in [0.717, 1.165) is 55.5 Å². The first-order valence-electron chi connectivity index (χ1n) is 11.2. The molecule has 0 N–H and O–H groups in total. The maximum absolute atomic E-state index is 13.7. The molecule has 3 aliphatic rings. The molecule has 2 fully saturated rings. The van der Waals surface area contributed by atoms with Crippen LogP contribution in [0.15, 0.2) is 42.5 Å². The van der Waals surface area contributed by atoms with E-state index >= 15 is 0 Å². The standard InChI is InChI=1S/C24H28N4O3S/c1-17-2-4-19(5-3-17)26-8-9-27-22-7-6-20(28(30)31)14-18(22)15-21(23(27)16-26)24(29)25-10-12-32-13-11-25/h2-7,14,21,23H,8-13,15-16H2,1H3/t21-,23-/m0/s1. The van der Waals surface area contributed by atoms with Gasteiger partial charge in [0.1, 0.15) is 0 Å². The summed E-state index contributed by atoms with van der Waals surface area (Å²) in [5.74, 6) is 1.96. The number of hydrogen-bond donors (Lipinski definition) is 0. The van der Waals surface area contributed by atoms with Crippen molar-refractivity contribution in [3.8, 4) is 0 Å². The van der Waals surface area contributed by atoms with Crippen LogP contribution in [0.25, 0.3) is 0 Å². The van der Waals surface area contributed by atoms with Gasteiger partial charge in [-0.25, -0.2) is 0 Å². The van der Waals surface area contributed by atoms with Gasteiger partial charge in [-0.05, 0) is 37.1 Å². The van der Waals surface area contributed by atoms with E-state index in [4.69, 9.17) is 0 Å². The molecular weight excluding hydrogens is 424 g/mol. The van der Waals surface area contributed by atoms with Crippen LogP contribution >= 0.6 is 11.8 Å². The summed E-state index contributed by atoms with van der Waals surface area (Å²) in [4.78, 5) is 31.4. The number of carbonyl (C=O) groups excluding carboxylic acids is 1. The molecule has 2 atom stereocenters. The number of carbonyl (C=O) groups is 1. The Balaban J connectivity index is 1.48. The maximum atomic E-state index is 13.7. The minimum absolute atomic E-state index is 0.0566. The number of fused-ring (bicyclic) bond motifs is 3. The number of aryl methyl sites for hydroxylation is 1. The molecule has 0 aromatic heterocycles. The smallest absolute Gasteiger partial charge is 0.269 e. The Morgan fingerprint density at radius 2 is 1.81 bits per heavy atom. The number of nitro groups is 1. The second-order valence-corrected chi connectivity index (χ2v) is 10.1. The van der Waals surface area contributed by atoms with Gasteiger partial charge in [0.2, 0.25) is 5.91 Å². The van der Waals surface area contributed by atoms with Crippen LogP contribution in [0.2, 0.25) is 0 Å². The Hall–Kier alpha value is -2.74. The average molecular weight is 453 g/mol. The second-order valence-electron chi connectivity index (χ2n) is 8.86. The van der Waals surface area contributed by atoms with E-state index in [1.54, 1.807) is 12.1 Å². The molecule has 0 bridgehead atoms. The molecule has 0 aliphatic carbocycles. The van der Waals surface area contributed by atoms with E-state index in [0.29, 0.717) is 6.42 Å². The van der Waals surface area contributed by atoms with Gasteiger partial charge in [-0.2, -0.15) is 11.8 Å². The third kappa shape index (κ3) is 3.92. The summed E-state index contributed by atoms with van der Waals surface area (Å²) >= 11 is 1.89. The van der Waals surface area contributed by atoms with E-state index in [1.807, 2.05) is 22.7 Å². The van der Waals surface area contributed by atoms with Crippen molar-refractivity contribution in [2.75, 3.05) is 54.0 Å². The highest BCUT2D eigenvalue weighted by atomic mass is 32.2. The SMILES string of the molecule is Cc1ccc(N2CCN3c4ccc([N+](=O)[O-])cc4C[C@H](C(=O)N4CCSCC4)[C@@H]3C2)cc1. The second kappa shape index (κ2) is 8.65. The Kier molecular flexibility index (Phi) is 5.71. The van der Waals surface area contributed by atoms with Gasteiger partial charge in [-0.1, -0.05) is 17.7 Å². The number of rotatable bonds is 3. The monoisotopic (exact) mass is 452 g/mol. The number of anilines is 2. The lowest BCUT2D eigenvalue weighted by molar-refractivity contribution is -0.384. The number of nitro benzene ring substituents is 1. The lowest BCUT2D eigenvalue weighted by Crippen LogP contribution is -2.62. The number of non-ortho nitro benzene ring substituents is 1. The molecule has 0 unspecified atom stereocenters. The number of amides is 1. The van der Waals surface area contributed by atoms with E-state index in [-0.39, 0.29) is 28.5 Å². The fourth-order valence-electron chi connectivity index (χ4n) is 5.22. The zero-order valence-electron chi connectivity index (χ0n) is 18.3. The van der Waals surface area contributed by atoms with Crippen LogP contribution in [0, 0.1) is 23.0 Å². The van der Waals surface area contributed by atoms with Crippen molar-refractivity contribution < 1.29 is 9.72 Å². The number of hydrogen-bond acceptors (Lipinski definition) is 6. The first kappa shape index (κ1) is 21.1. The minimum Gasteiger partial charge on any atom is -0.368 e. The molecule has 7 nitrogen and oxygen atoms in total. The lowest BCUT2D eigenvalue weighted by atomic mass is 9.82. The maximum Gasteiger partial charge on any atom is 0.269 e. The zero-order valence-corrected chi connectivity index (χ0v) is 19.1. The number of nitrogens with zero attached hydrogens (tertiary/aromatic N) is 4. The minimum atomic E-state index is -0.347. The summed E-state index contributed by atoms with van der Waals surface area (Å²) in [6.45, 7) is 6.09. The first-order valence-corrected chi connectivity index (χ1v) is 12.4. The third-order valence-corrected chi connectivity index (χ3v) is 7.89. The molecule has 32 heavy (non-hydrogen) atoms. The van der Waals surface area contributed by atoms with Crippen LogP contribution in [0.3, 0.4) is 0 Å². The van der Waals surface area contributed by atoms with E-state index in [1.165, 1.54) is 11.3 Å². The van der Waals surface area contributed by atoms with Gasteiger partial charge < -0.3 is 14.7 Å². The quantitative estimate of drug-likeness (QED) is 0.526. The summed E-state index contributed by atoms with van der Waals surface area (Å²) in [6.07, 6.45) is 0.558. The van der Waals surface area contributed by atoms with Gasteiger partial charge in [0, 0.05) is 67.7 Å². The molecule has 8 heteroatoms. The molecule has 0 radical (unpaired) electrons. The zero-order chi connectivity index (χ0) is 22.2. The van der Waals surface area contributed by atoms with Crippen molar-refractivity contribution in [2.24, 2.45) is 5.92 Å². The molecule has 2 saturated heterocycles. The Labute approximate surface area is 192 Å². The van der Waals surface area contributed by atoms with Gasteiger partial charge in [0.15, 0.2) is 0 Å². The largest absolute Gasteiger partial charge is 0.368 e. The molecule has 168 valence electrons. The number of piperazine rings is 1. The van der Waals surface area contributed by atoms with Crippen molar-refractivity contribution in [2.45, 2.75) is 19.4 Å². The molecule has 2 aromatic rings. The third-order valence-electron chi connectivity index (χ3n) is 6.95. The van der Waals surface area contributed by atoms with Crippen molar-refractivity contribution in [1.82, 2.24) is 4.90 Å². The highest BCUT2D eigenvalue weighted by molar-refractivity contribution is 7.99. The molecule has 1 amide bonds. The molecule has 0 saturated carbocycles. The highest BCUT2D eigenvalue weighted by Gasteiger charge is 2.43. The van der Waals surface area contributed by atoms with Crippen LogP contribution in [0.4, 0.5) is 17.1 Å². The highest BCUT2D eigenvalue weighted by Crippen LogP contribution is 2.39. The average Bonchev–Trinajstić information content (AvgIpc) is 2.83. The topological polar surface area (TPSA) is 69.9 Å². The molecule has 3 heterocycles. The fraction of sp³-hybridized carbons (Fsp3) is 0.458. The molecule has 5 rings (SSSR count). The molecule has 0 spiro atoms.